The molecule has 13 rings (SSSR count). The monoisotopic (exact) mass is 857 g/mol. The van der Waals surface area contributed by atoms with Crippen LogP contribution in [0.3, 0.4) is 0 Å². The first-order valence-electron chi connectivity index (χ1n) is 23.7. The average molecular weight is 858 g/mol. The summed E-state index contributed by atoms with van der Waals surface area (Å²) in [6.07, 6.45) is 4.76. The van der Waals surface area contributed by atoms with Crippen LogP contribution in [0.1, 0.15) is 36.8 Å². The molecule has 0 aliphatic heterocycles. The first-order chi connectivity index (χ1) is 33.1. The molecule has 1 fully saturated rings. The number of hydrogen-bond acceptors (Lipinski definition) is 2. The van der Waals surface area contributed by atoms with Crippen LogP contribution in [-0.2, 0) is 5.41 Å². The van der Waals surface area contributed by atoms with Gasteiger partial charge in [-0.05, 0) is 151 Å². The summed E-state index contributed by atoms with van der Waals surface area (Å²) in [7, 11) is 0. The predicted octanol–water partition coefficient (Wildman–Crippen LogP) is 18.2. The third kappa shape index (κ3) is 6.79. The molecule has 0 unspecified atom stereocenters. The molecule has 0 bridgehead atoms. The highest BCUT2D eigenvalue weighted by atomic mass is 16.3. The van der Waals surface area contributed by atoms with Crippen molar-refractivity contribution in [2.75, 3.05) is 4.90 Å². The van der Waals surface area contributed by atoms with Gasteiger partial charge in [0.2, 0.25) is 0 Å². The van der Waals surface area contributed by atoms with Crippen LogP contribution >= 0.6 is 0 Å². The van der Waals surface area contributed by atoms with Crippen molar-refractivity contribution in [2.45, 2.75) is 31.1 Å². The van der Waals surface area contributed by atoms with E-state index >= 15 is 0 Å². The second-order valence-corrected chi connectivity index (χ2v) is 18.4. The van der Waals surface area contributed by atoms with Crippen LogP contribution in [0.4, 0.5) is 17.1 Å². The normalized spacial score (nSPS) is 13.6. The minimum absolute atomic E-state index is 0.0274. The quantitative estimate of drug-likeness (QED) is 0.151. The largest absolute Gasteiger partial charge is 0.456 e. The van der Waals surface area contributed by atoms with Gasteiger partial charge in [0.25, 0.3) is 0 Å². The number of fused-ring (bicyclic) bond motifs is 8. The second-order valence-electron chi connectivity index (χ2n) is 18.4. The van der Waals surface area contributed by atoms with Crippen LogP contribution in [-0.4, -0.2) is 0 Å². The van der Waals surface area contributed by atoms with Crippen LogP contribution in [0, 0.1) is 0 Å². The van der Waals surface area contributed by atoms with E-state index in [0.717, 1.165) is 40.8 Å². The number of para-hydroxylation sites is 1. The van der Waals surface area contributed by atoms with E-state index in [4.69, 9.17) is 4.42 Å². The highest BCUT2D eigenvalue weighted by molar-refractivity contribution is 6.06. The standard InChI is InChI=1S/C65H47NO/c1-3-11-44(12-4-1)46-17-21-48(22-18-46)50-25-31-54(32-26-50)66(55-33-27-51(28-34-55)49-23-19-47(20-24-49)45-13-5-2-6-14-45)56-35-37-58-57-36-29-53(42-61(57)65(62(58)43-56)39-9-10-40-65)52-30-38-64-60(41-52)59-15-7-8-16-63(59)67-64/h1-8,11-38,41-43H,9-10,39-40H2. The molecule has 2 nitrogen and oxygen atoms in total. The van der Waals surface area contributed by atoms with Gasteiger partial charge < -0.3 is 9.32 Å². The summed E-state index contributed by atoms with van der Waals surface area (Å²) in [6.45, 7) is 0. The molecule has 0 N–H and O–H groups in total. The molecular formula is C65H47NO. The lowest BCUT2D eigenvalue weighted by atomic mass is 9.76. The van der Waals surface area contributed by atoms with Crippen molar-refractivity contribution in [3.63, 3.8) is 0 Å². The van der Waals surface area contributed by atoms with Crippen molar-refractivity contribution < 1.29 is 4.42 Å². The van der Waals surface area contributed by atoms with Crippen LogP contribution < -0.4 is 4.90 Å². The molecule has 2 heteroatoms. The number of benzene rings is 10. The fraction of sp³-hybridized carbons (Fsp3) is 0.0769. The fourth-order valence-corrected chi connectivity index (χ4v) is 11.2. The molecule has 11 aromatic rings. The number of hydrogen-bond donors (Lipinski definition) is 0. The summed E-state index contributed by atoms with van der Waals surface area (Å²) in [4.78, 5) is 2.45. The van der Waals surface area contributed by atoms with Crippen molar-refractivity contribution in [1.82, 2.24) is 0 Å². The van der Waals surface area contributed by atoms with Gasteiger partial charge in [0.05, 0.1) is 0 Å². The molecule has 1 aromatic heterocycles. The number of nitrogens with zero attached hydrogens (tertiary/aromatic N) is 1. The third-order valence-electron chi connectivity index (χ3n) is 14.7. The predicted molar refractivity (Wildman–Crippen MR) is 280 cm³/mol. The summed E-state index contributed by atoms with van der Waals surface area (Å²) in [5.41, 5.74) is 23.2. The van der Waals surface area contributed by atoms with Crippen molar-refractivity contribution in [1.29, 1.82) is 0 Å². The zero-order valence-corrected chi connectivity index (χ0v) is 37.2. The smallest absolute Gasteiger partial charge is 0.135 e. The lowest BCUT2D eigenvalue weighted by Crippen LogP contribution is -2.21. The third-order valence-corrected chi connectivity index (χ3v) is 14.7. The summed E-state index contributed by atoms with van der Waals surface area (Å²) < 4.78 is 6.21. The van der Waals surface area contributed by atoms with E-state index in [1.54, 1.807) is 0 Å². The summed E-state index contributed by atoms with van der Waals surface area (Å²) in [5.74, 6) is 0. The van der Waals surface area contributed by atoms with E-state index in [2.05, 4.69) is 235 Å². The molecule has 2 aliphatic carbocycles. The Bertz CT molecular complexity index is 3450. The Hall–Kier alpha value is -8.20. The van der Waals surface area contributed by atoms with Gasteiger partial charge in [0.15, 0.2) is 0 Å². The first-order valence-corrected chi connectivity index (χ1v) is 23.7. The van der Waals surface area contributed by atoms with Crippen molar-refractivity contribution >= 4 is 39.0 Å². The van der Waals surface area contributed by atoms with Gasteiger partial charge >= 0.3 is 0 Å². The molecule has 0 saturated heterocycles. The maximum Gasteiger partial charge on any atom is 0.135 e. The molecule has 1 saturated carbocycles. The van der Waals surface area contributed by atoms with E-state index in [1.165, 1.54) is 102 Å². The van der Waals surface area contributed by atoms with Crippen LogP contribution in [0.15, 0.2) is 241 Å². The molecule has 1 heterocycles. The summed E-state index contributed by atoms with van der Waals surface area (Å²) in [6, 6.07) is 86.8. The Morgan fingerprint density at radius 1 is 0.299 bits per heavy atom. The van der Waals surface area contributed by atoms with Gasteiger partial charge in [0, 0.05) is 33.2 Å². The maximum absolute atomic E-state index is 6.21. The van der Waals surface area contributed by atoms with Crippen LogP contribution in [0.2, 0.25) is 0 Å². The Morgan fingerprint density at radius 3 is 1.24 bits per heavy atom. The molecule has 0 radical (unpaired) electrons. The first kappa shape index (κ1) is 39.2. The Kier molecular flexibility index (Phi) is 9.39. The topological polar surface area (TPSA) is 16.4 Å². The zero-order chi connectivity index (χ0) is 44.3. The van der Waals surface area contributed by atoms with Crippen molar-refractivity contribution in [2.24, 2.45) is 0 Å². The molecule has 318 valence electrons. The van der Waals surface area contributed by atoms with Crippen molar-refractivity contribution in [3.8, 4) is 66.8 Å². The van der Waals surface area contributed by atoms with Gasteiger partial charge in [0.1, 0.15) is 11.2 Å². The van der Waals surface area contributed by atoms with Gasteiger partial charge in [-0.3, -0.25) is 0 Å². The Morgan fingerprint density at radius 2 is 0.687 bits per heavy atom. The molecule has 10 aromatic carbocycles. The van der Waals surface area contributed by atoms with Crippen LogP contribution in [0.25, 0.3) is 88.7 Å². The van der Waals surface area contributed by atoms with Crippen LogP contribution in [0.5, 0.6) is 0 Å². The Labute approximate surface area is 392 Å². The number of anilines is 3. The van der Waals surface area contributed by atoms with E-state index < -0.39 is 0 Å². The zero-order valence-electron chi connectivity index (χ0n) is 37.2. The van der Waals surface area contributed by atoms with E-state index in [9.17, 15) is 0 Å². The summed E-state index contributed by atoms with van der Waals surface area (Å²) >= 11 is 0. The van der Waals surface area contributed by atoms with Crippen molar-refractivity contribution in [3.05, 3.63) is 248 Å². The molecule has 67 heavy (non-hydrogen) atoms. The SMILES string of the molecule is c1ccc(-c2ccc(-c3ccc(N(c4ccc(-c5ccc(-c6ccccc6)cc5)cc4)c4ccc5c(c4)C4(CCCC4)c4cc(-c6ccc7oc8ccccc8c7c6)ccc4-5)cc3)cc2)cc1. The minimum atomic E-state index is -0.0274. The lowest BCUT2D eigenvalue weighted by Gasteiger charge is -2.30. The minimum Gasteiger partial charge on any atom is -0.456 e. The fourth-order valence-electron chi connectivity index (χ4n) is 11.2. The van der Waals surface area contributed by atoms with E-state index in [0.29, 0.717) is 0 Å². The average Bonchev–Trinajstić information content (AvgIpc) is 4.12. The molecule has 1 spiro atoms. The van der Waals surface area contributed by atoms with E-state index in [1.807, 2.05) is 6.07 Å². The molecule has 2 aliphatic rings. The number of furan rings is 1. The highest BCUT2D eigenvalue weighted by Gasteiger charge is 2.45. The molecule has 0 amide bonds. The van der Waals surface area contributed by atoms with Gasteiger partial charge in [-0.1, -0.05) is 189 Å². The highest BCUT2D eigenvalue weighted by Crippen LogP contribution is 2.58. The van der Waals surface area contributed by atoms with Gasteiger partial charge in [-0.2, -0.15) is 0 Å². The lowest BCUT2D eigenvalue weighted by molar-refractivity contribution is 0.550. The number of rotatable bonds is 8. The maximum atomic E-state index is 6.21. The molecule has 0 atom stereocenters. The molecular weight excluding hydrogens is 811 g/mol. The Balaban J connectivity index is 0.877. The van der Waals surface area contributed by atoms with E-state index in [-0.39, 0.29) is 5.41 Å². The summed E-state index contributed by atoms with van der Waals surface area (Å²) in [5, 5.41) is 2.33. The van der Waals surface area contributed by atoms with Gasteiger partial charge in [-0.15, -0.1) is 0 Å². The van der Waals surface area contributed by atoms with Gasteiger partial charge in [-0.25, -0.2) is 0 Å². The second kappa shape index (κ2) is 16.0.